The Morgan fingerprint density at radius 3 is 1.86 bits per heavy atom. The normalized spacial score (nSPS) is 10.6. The van der Waals surface area contributed by atoms with Gasteiger partial charge >= 0.3 is 11.9 Å². The molecule has 0 aromatic heterocycles. The van der Waals surface area contributed by atoms with Crippen LogP contribution in [0.1, 0.15) is 13.8 Å². The highest BCUT2D eigenvalue weighted by molar-refractivity contribution is 5.99. The Bertz CT molecular complexity index is 1130. The summed E-state index contributed by atoms with van der Waals surface area (Å²) in [6, 6.07) is 15.3. The van der Waals surface area contributed by atoms with Crippen LogP contribution in [0.25, 0.3) is 21.5 Å². The van der Waals surface area contributed by atoms with E-state index in [-0.39, 0.29) is 13.2 Å². The Balaban J connectivity index is 1.74. The Morgan fingerprint density at radius 1 is 0.724 bits per heavy atom. The number of carbonyl (C=O) groups excluding carboxylic acids is 2. The van der Waals surface area contributed by atoms with E-state index in [2.05, 4.69) is 13.2 Å². The lowest BCUT2D eigenvalue weighted by molar-refractivity contribution is -0.139. The molecule has 0 N–H and O–H groups in total. The first-order chi connectivity index (χ1) is 13.8. The summed E-state index contributed by atoms with van der Waals surface area (Å²) in [6.45, 7) is 10.8. The van der Waals surface area contributed by atoms with Gasteiger partial charge in [0.25, 0.3) is 0 Å². The molecule has 29 heavy (non-hydrogen) atoms. The molecular formula is C24H22O5. The number of benzene rings is 3. The van der Waals surface area contributed by atoms with Gasteiger partial charge in [-0.1, -0.05) is 25.3 Å². The fourth-order valence-corrected chi connectivity index (χ4v) is 2.72. The number of hydrogen-bond donors (Lipinski definition) is 0. The molecule has 0 aliphatic heterocycles. The second-order valence-corrected chi connectivity index (χ2v) is 6.80. The lowest BCUT2D eigenvalue weighted by Gasteiger charge is -2.10. The summed E-state index contributed by atoms with van der Waals surface area (Å²) < 4.78 is 16.0. The van der Waals surface area contributed by atoms with E-state index in [1.165, 1.54) is 0 Å². The van der Waals surface area contributed by atoms with Crippen molar-refractivity contribution < 1.29 is 23.8 Å². The van der Waals surface area contributed by atoms with Crippen molar-refractivity contribution in [2.75, 3.05) is 13.2 Å². The molecule has 0 fully saturated rings. The van der Waals surface area contributed by atoms with Gasteiger partial charge in [0.05, 0.1) is 0 Å². The molecule has 3 rings (SSSR count). The fraction of sp³-hybridized carbons (Fsp3) is 0.167. The molecule has 0 spiro atoms. The van der Waals surface area contributed by atoms with E-state index < -0.39 is 11.9 Å². The quantitative estimate of drug-likeness (QED) is 0.187. The third-order valence-electron chi connectivity index (χ3n) is 4.23. The molecule has 5 heteroatoms. The third-order valence-corrected chi connectivity index (χ3v) is 4.23. The molecule has 0 aliphatic rings. The van der Waals surface area contributed by atoms with Gasteiger partial charge in [0.1, 0.15) is 24.7 Å². The summed E-state index contributed by atoms with van der Waals surface area (Å²) >= 11 is 0. The van der Waals surface area contributed by atoms with E-state index >= 15 is 0 Å². The van der Waals surface area contributed by atoms with Gasteiger partial charge in [0, 0.05) is 11.1 Å². The van der Waals surface area contributed by atoms with Crippen LogP contribution in [0.3, 0.4) is 0 Å². The van der Waals surface area contributed by atoms with Crippen molar-refractivity contribution in [3.05, 3.63) is 72.8 Å². The minimum absolute atomic E-state index is 0.160. The van der Waals surface area contributed by atoms with Gasteiger partial charge < -0.3 is 14.2 Å². The molecule has 3 aromatic carbocycles. The maximum Gasteiger partial charge on any atom is 0.338 e. The van der Waals surface area contributed by atoms with Crippen molar-refractivity contribution in [1.29, 1.82) is 0 Å². The summed E-state index contributed by atoms with van der Waals surface area (Å²) in [6.07, 6.45) is 0. The van der Waals surface area contributed by atoms with E-state index in [9.17, 15) is 9.59 Å². The predicted octanol–water partition coefficient (Wildman–Crippen LogP) is 4.97. The van der Waals surface area contributed by atoms with Gasteiger partial charge in [-0.15, -0.1) is 0 Å². The Morgan fingerprint density at radius 2 is 1.28 bits per heavy atom. The van der Waals surface area contributed by atoms with Crippen LogP contribution in [0.2, 0.25) is 0 Å². The first-order valence-corrected chi connectivity index (χ1v) is 9.14. The second-order valence-electron chi connectivity index (χ2n) is 6.80. The molecule has 0 saturated heterocycles. The number of carbonyl (C=O) groups is 2. The highest BCUT2D eigenvalue weighted by Crippen LogP contribution is 2.29. The largest absolute Gasteiger partial charge is 0.490 e. The molecule has 5 nitrogen and oxygen atoms in total. The molecule has 0 bridgehead atoms. The lowest BCUT2D eigenvalue weighted by Crippen LogP contribution is -2.12. The maximum atomic E-state index is 11.7. The molecule has 0 amide bonds. The first kappa shape index (κ1) is 20.1. The Kier molecular flexibility index (Phi) is 5.98. The van der Waals surface area contributed by atoms with Crippen molar-refractivity contribution in [1.82, 2.24) is 0 Å². The third kappa shape index (κ3) is 5.02. The van der Waals surface area contributed by atoms with Crippen LogP contribution in [0.15, 0.2) is 72.8 Å². The molecular weight excluding hydrogens is 368 g/mol. The Hall–Kier alpha value is -3.60. The number of hydrogen-bond acceptors (Lipinski definition) is 5. The van der Waals surface area contributed by atoms with Gasteiger partial charge in [-0.2, -0.15) is 0 Å². The van der Waals surface area contributed by atoms with Gasteiger partial charge in [-0.05, 0) is 71.8 Å². The van der Waals surface area contributed by atoms with E-state index in [1.807, 2.05) is 42.5 Å². The van der Waals surface area contributed by atoms with Crippen LogP contribution in [0.4, 0.5) is 0 Å². The maximum absolute atomic E-state index is 11.7. The van der Waals surface area contributed by atoms with Crippen molar-refractivity contribution in [2.45, 2.75) is 13.8 Å². The van der Waals surface area contributed by atoms with Crippen LogP contribution in [0.5, 0.6) is 11.5 Å². The zero-order chi connectivity index (χ0) is 21.0. The van der Waals surface area contributed by atoms with Gasteiger partial charge in [-0.3, -0.25) is 0 Å². The van der Waals surface area contributed by atoms with Crippen LogP contribution in [-0.4, -0.2) is 25.2 Å². The van der Waals surface area contributed by atoms with Crippen molar-refractivity contribution >= 4 is 33.5 Å². The SMILES string of the molecule is C=C(C)C(=O)OCCOc1ccc2cc3cc(OC(=O)C(=C)C)ccc3cc2c1. The Labute approximate surface area is 169 Å². The molecule has 0 heterocycles. The molecule has 0 saturated carbocycles. The average Bonchev–Trinajstić information content (AvgIpc) is 2.69. The predicted molar refractivity (Wildman–Crippen MR) is 113 cm³/mol. The summed E-state index contributed by atoms with van der Waals surface area (Å²) in [4.78, 5) is 23.1. The molecule has 0 atom stereocenters. The number of rotatable bonds is 7. The number of fused-ring (bicyclic) bond motifs is 2. The monoisotopic (exact) mass is 390 g/mol. The van der Waals surface area contributed by atoms with E-state index in [0.29, 0.717) is 22.6 Å². The molecule has 148 valence electrons. The van der Waals surface area contributed by atoms with Crippen LogP contribution in [-0.2, 0) is 14.3 Å². The standard InChI is InChI=1S/C24H22O5/c1-15(2)23(25)28-10-9-27-21-7-5-17-12-20-14-22(29-24(26)16(3)4)8-6-18(20)11-19(17)13-21/h5-8,11-14H,1,3,9-10H2,2,4H3. The second kappa shape index (κ2) is 8.61. The van der Waals surface area contributed by atoms with Crippen LogP contribution in [0, 0.1) is 0 Å². The molecule has 3 aromatic rings. The van der Waals surface area contributed by atoms with Crippen LogP contribution >= 0.6 is 0 Å². The zero-order valence-corrected chi connectivity index (χ0v) is 16.5. The number of ether oxygens (including phenoxy) is 3. The zero-order valence-electron chi connectivity index (χ0n) is 16.5. The van der Waals surface area contributed by atoms with Crippen molar-refractivity contribution in [2.24, 2.45) is 0 Å². The van der Waals surface area contributed by atoms with E-state index in [1.54, 1.807) is 19.9 Å². The van der Waals surface area contributed by atoms with Crippen molar-refractivity contribution in [3.8, 4) is 11.5 Å². The molecule has 0 radical (unpaired) electrons. The summed E-state index contributed by atoms with van der Waals surface area (Å²) in [5.74, 6) is 0.303. The van der Waals surface area contributed by atoms with Crippen molar-refractivity contribution in [3.63, 3.8) is 0 Å². The highest BCUT2D eigenvalue weighted by Gasteiger charge is 2.07. The molecule has 0 unspecified atom stereocenters. The minimum Gasteiger partial charge on any atom is -0.490 e. The highest BCUT2D eigenvalue weighted by atomic mass is 16.6. The van der Waals surface area contributed by atoms with Crippen LogP contribution < -0.4 is 9.47 Å². The first-order valence-electron chi connectivity index (χ1n) is 9.14. The average molecular weight is 390 g/mol. The molecule has 0 aliphatic carbocycles. The van der Waals surface area contributed by atoms with E-state index in [0.717, 1.165) is 21.5 Å². The summed E-state index contributed by atoms with van der Waals surface area (Å²) in [5.41, 5.74) is 0.714. The smallest absolute Gasteiger partial charge is 0.338 e. The number of esters is 2. The lowest BCUT2D eigenvalue weighted by atomic mass is 10.0. The fourth-order valence-electron chi connectivity index (χ4n) is 2.72. The minimum atomic E-state index is -0.444. The van der Waals surface area contributed by atoms with Gasteiger partial charge in [-0.25, -0.2) is 9.59 Å². The van der Waals surface area contributed by atoms with Gasteiger partial charge in [0.2, 0.25) is 0 Å². The topological polar surface area (TPSA) is 61.8 Å². The summed E-state index contributed by atoms with van der Waals surface area (Å²) in [5, 5.41) is 4.02. The summed E-state index contributed by atoms with van der Waals surface area (Å²) in [7, 11) is 0. The van der Waals surface area contributed by atoms with E-state index in [4.69, 9.17) is 14.2 Å². The van der Waals surface area contributed by atoms with Gasteiger partial charge in [0.15, 0.2) is 0 Å².